The van der Waals surface area contributed by atoms with Crippen LogP contribution in [0.15, 0.2) is 34.9 Å². The fourth-order valence-corrected chi connectivity index (χ4v) is 2.75. The van der Waals surface area contributed by atoms with Crippen molar-refractivity contribution >= 4 is 11.6 Å². The number of hydrogen-bond donors (Lipinski definition) is 0. The number of fused-ring (bicyclic) bond motifs is 1. The zero-order valence-corrected chi connectivity index (χ0v) is 11.2. The van der Waals surface area contributed by atoms with E-state index in [1.807, 2.05) is 25.1 Å². The van der Waals surface area contributed by atoms with Crippen LogP contribution in [0.25, 0.3) is 0 Å². The molecule has 0 saturated heterocycles. The molecule has 1 aliphatic rings. The Morgan fingerprint density at radius 1 is 1.33 bits per heavy atom. The number of alkyl halides is 1. The second-order valence-electron chi connectivity index (χ2n) is 4.83. The standard InChI is InChI=1S/C15H15ClO2/c1-9-5-6-17-15(9)14(16)11-3-4-13-12(8-11)7-10(2)18-13/h3-6,8,10,14H,7H2,1-2H3. The lowest BCUT2D eigenvalue weighted by atomic mass is 10.0. The molecule has 2 heterocycles. The minimum atomic E-state index is -0.235. The lowest BCUT2D eigenvalue weighted by Crippen LogP contribution is -2.05. The molecule has 18 heavy (non-hydrogen) atoms. The summed E-state index contributed by atoms with van der Waals surface area (Å²) < 4.78 is 11.1. The van der Waals surface area contributed by atoms with Crippen molar-refractivity contribution in [2.75, 3.05) is 0 Å². The Morgan fingerprint density at radius 3 is 2.89 bits per heavy atom. The number of furan rings is 1. The summed E-state index contributed by atoms with van der Waals surface area (Å²) in [5.74, 6) is 1.80. The van der Waals surface area contributed by atoms with Gasteiger partial charge in [0.15, 0.2) is 0 Å². The van der Waals surface area contributed by atoms with Gasteiger partial charge in [-0.15, -0.1) is 11.6 Å². The van der Waals surface area contributed by atoms with Crippen molar-refractivity contribution < 1.29 is 9.15 Å². The average Bonchev–Trinajstić information content (AvgIpc) is 2.91. The van der Waals surface area contributed by atoms with Gasteiger partial charge in [-0.05, 0) is 42.7 Å². The normalized spacial score (nSPS) is 19.4. The van der Waals surface area contributed by atoms with Crippen molar-refractivity contribution in [3.8, 4) is 5.75 Å². The summed E-state index contributed by atoms with van der Waals surface area (Å²) in [7, 11) is 0. The number of hydrogen-bond acceptors (Lipinski definition) is 2. The van der Waals surface area contributed by atoms with E-state index >= 15 is 0 Å². The second-order valence-corrected chi connectivity index (χ2v) is 5.27. The molecule has 0 bridgehead atoms. The van der Waals surface area contributed by atoms with Crippen molar-refractivity contribution in [2.24, 2.45) is 0 Å². The Bertz CT molecular complexity index is 574. The van der Waals surface area contributed by atoms with Gasteiger partial charge in [-0.3, -0.25) is 0 Å². The van der Waals surface area contributed by atoms with Gasteiger partial charge in [-0.2, -0.15) is 0 Å². The van der Waals surface area contributed by atoms with Crippen LogP contribution in [0.2, 0.25) is 0 Å². The number of aryl methyl sites for hydroxylation is 1. The second kappa shape index (κ2) is 4.36. The minimum absolute atomic E-state index is 0.235. The maximum absolute atomic E-state index is 6.48. The van der Waals surface area contributed by atoms with Crippen molar-refractivity contribution in [3.05, 3.63) is 53.0 Å². The summed E-state index contributed by atoms with van der Waals surface area (Å²) in [4.78, 5) is 0. The Morgan fingerprint density at radius 2 is 2.17 bits per heavy atom. The van der Waals surface area contributed by atoms with Crippen LogP contribution in [-0.4, -0.2) is 6.10 Å². The first-order chi connectivity index (χ1) is 8.65. The maximum atomic E-state index is 6.48. The van der Waals surface area contributed by atoms with Gasteiger partial charge in [0.25, 0.3) is 0 Å². The lowest BCUT2D eigenvalue weighted by Gasteiger charge is -2.09. The molecule has 0 amide bonds. The van der Waals surface area contributed by atoms with Crippen LogP contribution in [0.4, 0.5) is 0 Å². The molecule has 3 heteroatoms. The predicted molar refractivity (Wildman–Crippen MR) is 71.4 cm³/mol. The number of ether oxygens (including phenoxy) is 1. The lowest BCUT2D eigenvalue weighted by molar-refractivity contribution is 0.254. The van der Waals surface area contributed by atoms with Crippen molar-refractivity contribution in [1.82, 2.24) is 0 Å². The van der Waals surface area contributed by atoms with Gasteiger partial charge in [0.05, 0.1) is 6.26 Å². The summed E-state index contributed by atoms with van der Waals surface area (Å²) >= 11 is 6.48. The molecular weight excluding hydrogens is 248 g/mol. The van der Waals surface area contributed by atoms with E-state index in [1.54, 1.807) is 6.26 Å². The molecule has 1 aromatic carbocycles. The summed E-state index contributed by atoms with van der Waals surface area (Å²) in [6, 6.07) is 8.07. The third kappa shape index (κ3) is 1.91. The zero-order valence-electron chi connectivity index (χ0n) is 10.4. The molecule has 0 aliphatic carbocycles. The molecule has 0 radical (unpaired) electrons. The van der Waals surface area contributed by atoms with Gasteiger partial charge >= 0.3 is 0 Å². The highest BCUT2D eigenvalue weighted by atomic mass is 35.5. The third-order valence-electron chi connectivity index (χ3n) is 3.34. The molecule has 2 unspecified atom stereocenters. The smallest absolute Gasteiger partial charge is 0.128 e. The Balaban J connectivity index is 1.94. The first-order valence-electron chi connectivity index (χ1n) is 6.12. The van der Waals surface area contributed by atoms with Crippen molar-refractivity contribution in [2.45, 2.75) is 31.7 Å². The molecule has 2 nitrogen and oxygen atoms in total. The highest BCUT2D eigenvalue weighted by molar-refractivity contribution is 6.22. The van der Waals surface area contributed by atoms with E-state index < -0.39 is 0 Å². The molecule has 1 aliphatic heterocycles. The van der Waals surface area contributed by atoms with Gasteiger partial charge in [-0.25, -0.2) is 0 Å². The van der Waals surface area contributed by atoms with E-state index in [-0.39, 0.29) is 11.5 Å². The van der Waals surface area contributed by atoms with Gasteiger partial charge in [-0.1, -0.05) is 12.1 Å². The Kier molecular flexibility index (Phi) is 2.83. The van der Waals surface area contributed by atoms with Crippen LogP contribution >= 0.6 is 11.6 Å². The third-order valence-corrected chi connectivity index (χ3v) is 3.79. The first-order valence-corrected chi connectivity index (χ1v) is 6.56. The van der Waals surface area contributed by atoms with Gasteiger partial charge in [0.2, 0.25) is 0 Å². The van der Waals surface area contributed by atoms with Crippen LogP contribution in [0.1, 0.15) is 34.8 Å². The SMILES string of the molecule is Cc1ccoc1C(Cl)c1ccc2c(c1)CC(C)O2. The minimum Gasteiger partial charge on any atom is -0.490 e. The van der Waals surface area contributed by atoms with E-state index in [0.29, 0.717) is 0 Å². The van der Waals surface area contributed by atoms with Crippen LogP contribution in [0.3, 0.4) is 0 Å². The van der Waals surface area contributed by atoms with Gasteiger partial charge in [0, 0.05) is 6.42 Å². The summed E-state index contributed by atoms with van der Waals surface area (Å²) in [6.45, 7) is 4.08. The van der Waals surface area contributed by atoms with E-state index in [4.69, 9.17) is 20.8 Å². The molecule has 94 valence electrons. The molecule has 0 N–H and O–H groups in total. The van der Waals surface area contributed by atoms with Gasteiger partial charge in [0.1, 0.15) is 23.0 Å². The van der Waals surface area contributed by atoms with E-state index in [9.17, 15) is 0 Å². The molecule has 3 rings (SSSR count). The molecule has 0 fully saturated rings. The van der Waals surface area contributed by atoms with Crippen molar-refractivity contribution in [1.29, 1.82) is 0 Å². The molecule has 2 atom stereocenters. The summed E-state index contributed by atoms with van der Waals surface area (Å²) in [5.41, 5.74) is 3.38. The number of benzene rings is 1. The average molecular weight is 263 g/mol. The topological polar surface area (TPSA) is 22.4 Å². The fraction of sp³-hybridized carbons (Fsp3) is 0.333. The number of halogens is 1. The monoisotopic (exact) mass is 262 g/mol. The quantitative estimate of drug-likeness (QED) is 0.756. The Hall–Kier alpha value is -1.41. The van der Waals surface area contributed by atoms with Crippen LogP contribution in [0, 0.1) is 6.92 Å². The fourth-order valence-electron chi connectivity index (χ4n) is 2.40. The highest BCUT2D eigenvalue weighted by Crippen LogP contribution is 2.36. The predicted octanol–water partition coefficient (Wildman–Crippen LogP) is 4.24. The zero-order chi connectivity index (χ0) is 12.7. The molecule has 0 spiro atoms. The molecule has 2 aromatic rings. The van der Waals surface area contributed by atoms with Crippen LogP contribution < -0.4 is 4.74 Å². The molecular formula is C15H15ClO2. The van der Waals surface area contributed by atoms with Crippen LogP contribution in [-0.2, 0) is 6.42 Å². The summed E-state index contributed by atoms with van der Waals surface area (Å²) in [6.07, 6.45) is 2.89. The summed E-state index contributed by atoms with van der Waals surface area (Å²) in [5, 5.41) is -0.235. The van der Waals surface area contributed by atoms with Crippen LogP contribution in [0.5, 0.6) is 5.75 Å². The largest absolute Gasteiger partial charge is 0.490 e. The van der Waals surface area contributed by atoms with E-state index in [2.05, 4.69) is 13.0 Å². The Labute approximate surface area is 112 Å². The van der Waals surface area contributed by atoms with E-state index in [0.717, 1.165) is 29.1 Å². The van der Waals surface area contributed by atoms with Gasteiger partial charge < -0.3 is 9.15 Å². The first kappa shape index (κ1) is 11.7. The molecule has 1 aromatic heterocycles. The van der Waals surface area contributed by atoms with E-state index in [1.165, 1.54) is 5.56 Å². The maximum Gasteiger partial charge on any atom is 0.128 e. The molecule has 0 saturated carbocycles. The number of rotatable bonds is 2. The van der Waals surface area contributed by atoms with Crippen molar-refractivity contribution in [3.63, 3.8) is 0 Å². The highest BCUT2D eigenvalue weighted by Gasteiger charge is 2.22.